The lowest BCUT2D eigenvalue weighted by Crippen LogP contribution is -2.60. The molecule has 0 saturated carbocycles. The zero-order valence-electron chi connectivity index (χ0n) is 18.3. The molecule has 5 atom stereocenters. The maximum atomic E-state index is 12.9. The largest absolute Gasteiger partial charge is 0.486 e. The third-order valence-electron chi connectivity index (χ3n) is 5.27. The van der Waals surface area contributed by atoms with E-state index >= 15 is 0 Å². The Kier molecular flexibility index (Phi) is 10.2. The molecule has 1 aliphatic heterocycles. The number of hydrogen-bond acceptors (Lipinski definition) is 9. The van der Waals surface area contributed by atoms with Crippen LogP contribution in [0.3, 0.4) is 0 Å². The quantitative estimate of drug-likeness (QED) is 0.309. The van der Waals surface area contributed by atoms with Gasteiger partial charge in [0.05, 0.1) is 22.2 Å². The minimum atomic E-state index is -1.50. The first-order valence-corrected chi connectivity index (χ1v) is 10.8. The highest BCUT2D eigenvalue weighted by molar-refractivity contribution is 6.38. The number of anilines is 1. The second-order valence-corrected chi connectivity index (χ2v) is 8.31. The summed E-state index contributed by atoms with van der Waals surface area (Å²) in [5.41, 5.74) is 7.50. The Bertz CT molecular complexity index is 992. The molecule has 2 aromatic rings. The second-order valence-electron chi connectivity index (χ2n) is 7.52. The third-order valence-corrected chi connectivity index (χ3v) is 6.01. The SMILES string of the molecule is CO[C@H]1O[C@H](CO)[C@@H](O)[C@H](OC(=O)c2cc(Cl)c(OCc3cccc(N)c3)c(Cl)c2C)[C@H]1O.Cl. The molecule has 2 aromatic carbocycles. The third kappa shape index (κ3) is 6.05. The number of nitrogen functional groups attached to an aromatic ring is 1. The van der Waals surface area contributed by atoms with Crippen LogP contribution < -0.4 is 10.5 Å². The van der Waals surface area contributed by atoms with Gasteiger partial charge in [-0.15, -0.1) is 12.4 Å². The molecule has 5 N–H and O–H groups in total. The molecular formula is C22H26Cl3NO8. The fraction of sp³-hybridized carbons (Fsp3) is 0.409. The van der Waals surface area contributed by atoms with E-state index in [1.165, 1.54) is 13.2 Å². The molecule has 1 saturated heterocycles. The van der Waals surface area contributed by atoms with Crippen LogP contribution in [0.2, 0.25) is 10.0 Å². The number of rotatable bonds is 7. The first-order chi connectivity index (χ1) is 15.7. The molecule has 9 nitrogen and oxygen atoms in total. The molecule has 34 heavy (non-hydrogen) atoms. The van der Waals surface area contributed by atoms with E-state index in [2.05, 4.69) is 0 Å². The first kappa shape index (κ1) is 28.4. The second kappa shape index (κ2) is 12.2. The van der Waals surface area contributed by atoms with Crippen LogP contribution >= 0.6 is 35.6 Å². The number of ether oxygens (including phenoxy) is 4. The number of aliphatic hydroxyl groups is 3. The van der Waals surface area contributed by atoms with Crippen LogP contribution in [-0.4, -0.2) is 65.7 Å². The highest BCUT2D eigenvalue weighted by atomic mass is 35.5. The summed E-state index contributed by atoms with van der Waals surface area (Å²) < 4.78 is 21.4. The van der Waals surface area contributed by atoms with Gasteiger partial charge in [0.15, 0.2) is 18.1 Å². The Morgan fingerprint density at radius 1 is 1.21 bits per heavy atom. The lowest BCUT2D eigenvalue weighted by molar-refractivity contribution is -0.293. The fourth-order valence-electron chi connectivity index (χ4n) is 3.45. The van der Waals surface area contributed by atoms with E-state index < -0.39 is 43.3 Å². The zero-order valence-corrected chi connectivity index (χ0v) is 20.6. The van der Waals surface area contributed by atoms with E-state index in [1.807, 2.05) is 6.07 Å². The molecule has 1 heterocycles. The summed E-state index contributed by atoms with van der Waals surface area (Å²) >= 11 is 12.7. The number of nitrogens with two attached hydrogens (primary N) is 1. The summed E-state index contributed by atoms with van der Waals surface area (Å²) in [4.78, 5) is 12.9. The topological polar surface area (TPSA) is 141 Å². The van der Waals surface area contributed by atoms with Crippen LogP contribution in [0.1, 0.15) is 21.5 Å². The van der Waals surface area contributed by atoms with E-state index in [1.54, 1.807) is 25.1 Å². The van der Waals surface area contributed by atoms with Crippen molar-refractivity contribution in [3.63, 3.8) is 0 Å². The molecule has 12 heteroatoms. The lowest BCUT2D eigenvalue weighted by Gasteiger charge is -2.40. The number of carbonyl (C=O) groups is 1. The first-order valence-electron chi connectivity index (χ1n) is 10.00. The summed E-state index contributed by atoms with van der Waals surface area (Å²) in [5.74, 6) is -0.712. The normalized spacial score (nSPS) is 24.3. The van der Waals surface area contributed by atoms with Crippen LogP contribution in [0.5, 0.6) is 5.75 Å². The predicted molar refractivity (Wildman–Crippen MR) is 128 cm³/mol. The zero-order chi connectivity index (χ0) is 24.3. The number of carbonyl (C=O) groups excluding carboxylic acids is 1. The van der Waals surface area contributed by atoms with Gasteiger partial charge < -0.3 is 40.0 Å². The van der Waals surface area contributed by atoms with Gasteiger partial charge in [0.2, 0.25) is 0 Å². The van der Waals surface area contributed by atoms with E-state index in [4.69, 9.17) is 47.9 Å². The minimum Gasteiger partial charge on any atom is -0.486 e. The predicted octanol–water partition coefficient (Wildman–Crippen LogP) is 2.50. The van der Waals surface area contributed by atoms with Crippen molar-refractivity contribution in [2.75, 3.05) is 19.5 Å². The summed E-state index contributed by atoms with van der Waals surface area (Å²) in [7, 11) is 1.27. The van der Waals surface area contributed by atoms with Gasteiger partial charge in [0, 0.05) is 12.8 Å². The molecule has 188 valence electrons. The number of benzene rings is 2. The van der Waals surface area contributed by atoms with Crippen molar-refractivity contribution in [1.29, 1.82) is 0 Å². The van der Waals surface area contributed by atoms with Crippen LogP contribution in [-0.2, 0) is 20.8 Å². The van der Waals surface area contributed by atoms with Gasteiger partial charge in [-0.2, -0.15) is 0 Å². The summed E-state index contributed by atoms with van der Waals surface area (Å²) in [6.07, 6.45) is -6.74. The molecule has 1 aliphatic rings. The van der Waals surface area contributed by atoms with Crippen molar-refractivity contribution in [3.8, 4) is 5.75 Å². The fourth-order valence-corrected chi connectivity index (χ4v) is 4.02. The van der Waals surface area contributed by atoms with E-state index in [-0.39, 0.29) is 40.4 Å². The van der Waals surface area contributed by atoms with Gasteiger partial charge in [-0.05, 0) is 36.2 Å². The average Bonchev–Trinajstić information content (AvgIpc) is 2.79. The highest BCUT2D eigenvalue weighted by Gasteiger charge is 2.47. The Hall–Kier alpha value is -1.82. The summed E-state index contributed by atoms with van der Waals surface area (Å²) in [6, 6.07) is 8.44. The van der Waals surface area contributed by atoms with Crippen LogP contribution in [0.15, 0.2) is 30.3 Å². The number of hydrogen-bond donors (Lipinski definition) is 4. The summed E-state index contributed by atoms with van der Waals surface area (Å²) in [5, 5.41) is 30.3. The van der Waals surface area contributed by atoms with Gasteiger partial charge in [-0.25, -0.2) is 4.79 Å². The number of halogens is 3. The van der Waals surface area contributed by atoms with Crippen molar-refractivity contribution in [3.05, 3.63) is 57.1 Å². The van der Waals surface area contributed by atoms with Gasteiger partial charge in [0.1, 0.15) is 24.9 Å². The van der Waals surface area contributed by atoms with Crippen molar-refractivity contribution < 1.29 is 39.1 Å². The molecule has 1 fully saturated rings. The molecule has 0 radical (unpaired) electrons. The van der Waals surface area contributed by atoms with Crippen LogP contribution in [0.4, 0.5) is 5.69 Å². The molecular weight excluding hydrogens is 513 g/mol. The Balaban J connectivity index is 0.00000408. The van der Waals surface area contributed by atoms with Gasteiger partial charge >= 0.3 is 5.97 Å². The molecule has 3 rings (SSSR count). The van der Waals surface area contributed by atoms with Gasteiger partial charge in [-0.1, -0.05) is 35.3 Å². The van der Waals surface area contributed by atoms with Crippen LogP contribution in [0.25, 0.3) is 0 Å². The maximum absolute atomic E-state index is 12.9. The molecule has 0 spiro atoms. The van der Waals surface area contributed by atoms with Crippen molar-refractivity contribution in [2.45, 2.75) is 44.2 Å². The van der Waals surface area contributed by atoms with Gasteiger partial charge in [0.25, 0.3) is 0 Å². The molecule has 0 aromatic heterocycles. The lowest BCUT2D eigenvalue weighted by atomic mass is 9.98. The van der Waals surface area contributed by atoms with E-state index in [0.717, 1.165) is 5.56 Å². The average molecular weight is 539 g/mol. The summed E-state index contributed by atoms with van der Waals surface area (Å²) in [6.45, 7) is 1.15. The molecule has 0 aliphatic carbocycles. The monoisotopic (exact) mass is 537 g/mol. The van der Waals surface area contributed by atoms with Gasteiger partial charge in [-0.3, -0.25) is 0 Å². The standard InChI is InChI=1S/C22H25Cl2NO8.ClH/c1-10-13(21(29)33-20-17(27)15(8-26)32-22(30-2)18(20)28)7-14(23)19(16(10)24)31-9-11-4-3-5-12(25)6-11;/h3-7,15,17-18,20,22,26-28H,8-9,25H2,1-2H3;1H/t15-,17-,18-,20+,22+;/m1./s1. The number of aliphatic hydroxyl groups excluding tert-OH is 3. The molecule has 0 amide bonds. The van der Waals surface area contributed by atoms with Crippen molar-refractivity contribution in [1.82, 2.24) is 0 Å². The molecule has 0 unspecified atom stereocenters. The maximum Gasteiger partial charge on any atom is 0.338 e. The minimum absolute atomic E-state index is 0. The van der Waals surface area contributed by atoms with E-state index in [9.17, 15) is 20.1 Å². The Labute approximate surface area is 212 Å². The van der Waals surface area contributed by atoms with Crippen molar-refractivity contribution >= 4 is 47.3 Å². The van der Waals surface area contributed by atoms with Crippen molar-refractivity contribution in [2.24, 2.45) is 0 Å². The van der Waals surface area contributed by atoms with E-state index in [0.29, 0.717) is 11.3 Å². The number of esters is 1. The number of methoxy groups -OCH3 is 1. The Morgan fingerprint density at radius 2 is 1.91 bits per heavy atom. The van der Waals surface area contributed by atoms with Crippen LogP contribution in [0, 0.1) is 6.92 Å². The highest BCUT2D eigenvalue weighted by Crippen LogP contribution is 2.38. The Morgan fingerprint density at radius 3 is 2.53 bits per heavy atom. The molecule has 0 bridgehead atoms. The smallest absolute Gasteiger partial charge is 0.338 e.